The van der Waals surface area contributed by atoms with Crippen molar-refractivity contribution in [3.8, 4) is 0 Å². The van der Waals surface area contributed by atoms with Crippen molar-refractivity contribution >= 4 is 19.3 Å². The van der Waals surface area contributed by atoms with Crippen LogP contribution >= 0.6 is 7.60 Å². The van der Waals surface area contributed by atoms with E-state index in [9.17, 15) is 14.2 Å². The molecule has 3 atom stereocenters. The smallest absolute Gasteiger partial charge is 0.329 e. The molecule has 1 heterocycles. The van der Waals surface area contributed by atoms with Gasteiger partial charge in [0.2, 0.25) is 5.91 Å². The van der Waals surface area contributed by atoms with Crippen molar-refractivity contribution in [1.82, 2.24) is 10.6 Å². The number of rotatable bonds is 12. The third-order valence-corrected chi connectivity index (χ3v) is 6.56. The number of Topliss-reactive ketones (excluding diaryl/α,β-unsaturated/α-hetero) is 1. The van der Waals surface area contributed by atoms with Crippen molar-refractivity contribution in [2.75, 3.05) is 25.9 Å². The summed E-state index contributed by atoms with van der Waals surface area (Å²) in [5, 5.41) is 6.02. The summed E-state index contributed by atoms with van der Waals surface area (Å²) < 4.78 is 16.7. The summed E-state index contributed by atoms with van der Waals surface area (Å²) in [6.45, 7) is 1.72. The lowest BCUT2D eigenvalue weighted by Gasteiger charge is -2.22. The highest BCUT2D eigenvalue weighted by molar-refractivity contribution is 7.51. The third-order valence-electron chi connectivity index (χ3n) is 5.88. The second-order valence-corrected chi connectivity index (χ2v) is 10.5. The number of ether oxygens (including phenoxy) is 1. The molecule has 1 fully saturated rings. The number of hydrogen-bond acceptors (Lipinski definition) is 6. The SMILES string of the molecule is N[C@@H](Cc1ccc(C(=O)C2CNCCO2)cc1)C(=O)N[C@H](C=CCP(=O)(O)O)CCc1ccccc1. The summed E-state index contributed by atoms with van der Waals surface area (Å²) in [7, 11) is -4.18. The van der Waals surface area contributed by atoms with Crippen LogP contribution in [-0.4, -0.2) is 65.5 Å². The van der Waals surface area contributed by atoms with Gasteiger partial charge in [-0.2, -0.15) is 0 Å². The first-order valence-electron chi connectivity index (χ1n) is 12.0. The van der Waals surface area contributed by atoms with E-state index in [1.807, 2.05) is 30.3 Å². The zero-order valence-corrected chi connectivity index (χ0v) is 21.0. The maximum absolute atomic E-state index is 12.8. The van der Waals surface area contributed by atoms with E-state index < -0.39 is 31.9 Å². The van der Waals surface area contributed by atoms with Crippen molar-refractivity contribution in [3.63, 3.8) is 0 Å². The number of morpholine rings is 1. The minimum Gasteiger partial charge on any atom is -0.367 e. The fourth-order valence-corrected chi connectivity index (χ4v) is 4.30. The number of carbonyl (C=O) groups is 2. The van der Waals surface area contributed by atoms with Gasteiger partial charge in [-0.25, -0.2) is 0 Å². The first-order valence-corrected chi connectivity index (χ1v) is 13.8. The van der Waals surface area contributed by atoms with E-state index in [-0.39, 0.29) is 18.1 Å². The Morgan fingerprint density at radius 2 is 1.86 bits per heavy atom. The van der Waals surface area contributed by atoms with Crippen LogP contribution in [0.15, 0.2) is 66.7 Å². The maximum atomic E-state index is 12.8. The van der Waals surface area contributed by atoms with Crippen molar-refractivity contribution in [3.05, 3.63) is 83.4 Å². The predicted molar refractivity (Wildman–Crippen MR) is 138 cm³/mol. The number of allylic oxidation sites excluding steroid dienone is 1. The predicted octanol–water partition coefficient (Wildman–Crippen LogP) is 1.58. The second-order valence-electron chi connectivity index (χ2n) is 8.85. The lowest BCUT2D eigenvalue weighted by atomic mass is 10.00. The Hall–Kier alpha value is -2.65. The minimum absolute atomic E-state index is 0.0841. The van der Waals surface area contributed by atoms with Crippen LogP contribution in [0.25, 0.3) is 0 Å². The molecule has 6 N–H and O–H groups in total. The van der Waals surface area contributed by atoms with Gasteiger partial charge in [-0.1, -0.05) is 66.7 Å². The molecule has 2 aromatic rings. The summed E-state index contributed by atoms with van der Waals surface area (Å²) in [5.41, 5.74) is 8.61. The van der Waals surface area contributed by atoms with Crippen molar-refractivity contribution in [1.29, 1.82) is 0 Å². The molecule has 1 aliphatic heterocycles. The first-order chi connectivity index (χ1) is 17.2. The van der Waals surface area contributed by atoms with Gasteiger partial charge >= 0.3 is 7.60 Å². The van der Waals surface area contributed by atoms with Gasteiger partial charge in [0.05, 0.1) is 18.8 Å². The molecule has 1 unspecified atom stereocenters. The summed E-state index contributed by atoms with van der Waals surface area (Å²) in [5.74, 6) is -0.449. The molecular formula is C26H34N3O6P. The molecule has 194 valence electrons. The van der Waals surface area contributed by atoms with Gasteiger partial charge in [0.1, 0.15) is 6.10 Å². The minimum atomic E-state index is -4.18. The molecular weight excluding hydrogens is 481 g/mol. The Morgan fingerprint density at radius 3 is 2.50 bits per heavy atom. The van der Waals surface area contributed by atoms with E-state index >= 15 is 0 Å². The van der Waals surface area contributed by atoms with Gasteiger partial charge in [-0.05, 0) is 30.4 Å². The summed E-state index contributed by atoms with van der Waals surface area (Å²) >= 11 is 0. The molecule has 0 bridgehead atoms. The monoisotopic (exact) mass is 515 g/mol. The van der Waals surface area contributed by atoms with E-state index in [1.165, 1.54) is 6.08 Å². The summed E-state index contributed by atoms with van der Waals surface area (Å²) in [6.07, 6.45) is 3.61. The number of nitrogens with two attached hydrogens (primary N) is 1. The topological polar surface area (TPSA) is 151 Å². The molecule has 3 rings (SSSR count). The average molecular weight is 516 g/mol. The van der Waals surface area contributed by atoms with Crippen LogP contribution in [0, 0.1) is 0 Å². The van der Waals surface area contributed by atoms with Crippen molar-refractivity contribution in [2.45, 2.75) is 37.5 Å². The Bertz CT molecular complexity index is 1060. The molecule has 1 aliphatic rings. The highest BCUT2D eigenvalue weighted by Crippen LogP contribution is 2.33. The normalized spacial score (nSPS) is 18.0. The Labute approximate surface area is 211 Å². The fraction of sp³-hybridized carbons (Fsp3) is 0.385. The van der Waals surface area contributed by atoms with E-state index in [1.54, 1.807) is 30.3 Å². The number of nitrogens with one attached hydrogen (secondary N) is 2. The van der Waals surface area contributed by atoms with Gasteiger partial charge in [-0.15, -0.1) is 0 Å². The van der Waals surface area contributed by atoms with Crippen LogP contribution in [0.2, 0.25) is 0 Å². The number of aryl methyl sites for hydroxylation is 1. The van der Waals surface area contributed by atoms with Crippen LogP contribution < -0.4 is 16.4 Å². The van der Waals surface area contributed by atoms with Crippen LogP contribution in [0.5, 0.6) is 0 Å². The molecule has 9 nitrogen and oxygen atoms in total. The number of benzene rings is 2. The summed E-state index contributed by atoms with van der Waals surface area (Å²) in [4.78, 5) is 43.6. The summed E-state index contributed by atoms with van der Waals surface area (Å²) in [6, 6.07) is 15.5. The highest BCUT2D eigenvalue weighted by Gasteiger charge is 2.23. The molecule has 2 aromatic carbocycles. The average Bonchev–Trinajstić information content (AvgIpc) is 2.87. The van der Waals surface area contributed by atoms with Crippen LogP contribution in [0.1, 0.15) is 27.9 Å². The van der Waals surface area contributed by atoms with Crippen LogP contribution in [0.4, 0.5) is 0 Å². The van der Waals surface area contributed by atoms with Crippen LogP contribution in [-0.2, 0) is 26.9 Å². The number of ketones is 1. The fourth-order valence-electron chi connectivity index (χ4n) is 3.91. The standard InChI is InChI=1S/C26H34N3O6P/c27-23(17-20-8-11-21(12-9-20)25(30)24-18-28-14-15-35-24)26(31)29-22(7-4-16-36(32,33)34)13-10-19-5-2-1-3-6-19/h1-9,11-12,22-24,28H,10,13-18,27H2,(H,29,31)(H2,32,33,34)/t22-,23+,24?/m1/s1. The number of carbonyl (C=O) groups excluding carboxylic acids is 2. The zero-order chi connectivity index (χ0) is 26.0. The number of amides is 1. The Morgan fingerprint density at radius 1 is 1.14 bits per heavy atom. The van der Waals surface area contributed by atoms with Gasteiger partial charge in [0.15, 0.2) is 5.78 Å². The highest BCUT2D eigenvalue weighted by atomic mass is 31.2. The second kappa shape index (κ2) is 13.6. The third kappa shape index (κ3) is 9.43. The largest absolute Gasteiger partial charge is 0.367 e. The van der Waals surface area contributed by atoms with E-state index in [4.69, 9.17) is 20.3 Å². The van der Waals surface area contributed by atoms with E-state index in [2.05, 4.69) is 10.6 Å². The van der Waals surface area contributed by atoms with Crippen molar-refractivity contribution in [2.24, 2.45) is 5.73 Å². The molecule has 0 aromatic heterocycles. The van der Waals surface area contributed by atoms with Gasteiger partial charge < -0.3 is 30.9 Å². The van der Waals surface area contributed by atoms with Gasteiger partial charge in [-0.3, -0.25) is 14.2 Å². The molecule has 0 spiro atoms. The molecule has 10 heteroatoms. The first kappa shape index (κ1) is 27.9. The Balaban J connectivity index is 1.57. The Kier molecular flexibility index (Phi) is 10.6. The van der Waals surface area contributed by atoms with Crippen LogP contribution in [0.3, 0.4) is 0 Å². The molecule has 0 radical (unpaired) electrons. The molecule has 36 heavy (non-hydrogen) atoms. The number of hydrogen-bond donors (Lipinski definition) is 5. The van der Waals surface area contributed by atoms with Gasteiger partial charge in [0.25, 0.3) is 0 Å². The molecule has 1 amide bonds. The lowest BCUT2D eigenvalue weighted by molar-refractivity contribution is -0.122. The molecule has 0 saturated carbocycles. The lowest BCUT2D eigenvalue weighted by Crippen LogP contribution is -2.46. The van der Waals surface area contributed by atoms with Crippen molar-refractivity contribution < 1.29 is 28.7 Å². The zero-order valence-electron chi connectivity index (χ0n) is 20.1. The maximum Gasteiger partial charge on any atom is 0.329 e. The van der Waals surface area contributed by atoms with E-state index in [0.717, 1.165) is 17.7 Å². The van der Waals surface area contributed by atoms with Gasteiger partial charge in [0, 0.05) is 24.7 Å². The molecule has 0 aliphatic carbocycles. The quantitative estimate of drug-likeness (QED) is 0.162. The van der Waals surface area contributed by atoms with E-state index in [0.29, 0.717) is 31.6 Å². The molecule has 1 saturated heterocycles.